The van der Waals surface area contributed by atoms with E-state index in [0.29, 0.717) is 19.6 Å². The molecule has 0 aromatic heterocycles. The molecular weight excluding hydrogens is 277 g/mol. The zero-order valence-electron chi connectivity index (χ0n) is 11.3. The summed E-state index contributed by atoms with van der Waals surface area (Å²) in [5, 5.41) is 2.41. The van der Waals surface area contributed by atoms with Gasteiger partial charge in [-0.1, -0.05) is 0 Å². The van der Waals surface area contributed by atoms with Gasteiger partial charge in [-0.05, 0) is 27.2 Å². The second-order valence-electron chi connectivity index (χ2n) is 5.58. The minimum absolute atomic E-state index is 0.224. The van der Waals surface area contributed by atoms with Crippen molar-refractivity contribution in [1.29, 1.82) is 0 Å². The van der Waals surface area contributed by atoms with Crippen LogP contribution < -0.4 is 5.32 Å². The van der Waals surface area contributed by atoms with Crippen molar-refractivity contribution >= 4 is 16.3 Å². The Bertz CT molecular complexity index is 411. The Morgan fingerprint density at radius 1 is 1.53 bits per heavy atom. The second kappa shape index (κ2) is 6.04. The molecule has 1 aliphatic heterocycles. The van der Waals surface area contributed by atoms with Gasteiger partial charge in [-0.2, -0.15) is 8.42 Å². The van der Waals surface area contributed by atoms with E-state index in [1.165, 1.54) is 0 Å². The van der Waals surface area contributed by atoms with E-state index in [-0.39, 0.29) is 5.92 Å². The minimum Gasteiger partial charge on any atom is -0.444 e. The summed E-state index contributed by atoms with van der Waals surface area (Å²) in [6.07, 6.45) is -0.177. The predicted octanol–water partition coefficient (Wildman–Crippen LogP) is 1.22. The quantitative estimate of drug-likeness (QED) is 0.789. The standard InChI is InChI=1S/C11H20FNO5S/c1-11(2,3)18-10(14)13-9(7-19(12,15)16)8-4-5-17-6-8/h8-9H,4-7H2,1-3H3,(H,13,14). The molecule has 0 bridgehead atoms. The first-order valence-corrected chi connectivity index (χ1v) is 7.62. The average Bonchev–Trinajstić information content (AvgIpc) is 2.62. The number of halogens is 1. The minimum atomic E-state index is -4.68. The van der Waals surface area contributed by atoms with Gasteiger partial charge in [0.15, 0.2) is 0 Å². The van der Waals surface area contributed by atoms with Crippen LogP contribution in [0, 0.1) is 5.92 Å². The Hall–Kier alpha value is -0.890. The topological polar surface area (TPSA) is 81.7 Å². The zero-order valence-corrected chi connectivity index (χ0v) is 12.1. The molecule has 0 radical (unpaired) electrons. The van der Waals surface area contributed by atoms with Crippen LogP contribution in [0.3, 0.4) is 0 Å². The Kier molecular flexibility index (Phi) is 5.14. The van der Waals surface area contributed by atoms with E-state index in [9.17, 15) is 17.1 Å². The molecule has 0 aromatic carbocycles. The van der Waals surface area contributed by atoms with Crippen LogP contribution in [0.2, 0.25) is 0 Å². The van der Waals surface area contributed by atoms with Crippen molar-refractivity contribution in [2.45, 2.75) is 38.8 Å². The highest BCUT2D eigenvalue weighted by Gasteiger charge is 2.32. The van der Waals surface area contributed by atoms with Crippen molar-refractivity contribution in [2.24, 2.45) is 5.92 Å². The summed E-state index contributed by atoms with van der Waals surface area (Å²) in [4.78, 5) is 11.6. The summed E-state index contributed by atoms with van der Waals surface area (Å²) in [5.41, 5.74) is -0.699. The maximum Gasteiger partial charge on any atom is 0.407 e. The molecule has 8 heteroatoms. The van der Waals surface area contributed by atoms with Crippen LogP contribution in [0.25, 0.3) is 0 Å². The first kappa shape index (κ1) is 16.2. The van der Waals surface area contributed by atoms with Crippen LogP contribution in [0.4, 0.5) is 8.68 Å². The van der Waals surface area contributed by atoms with Crippen molar-refractivity contribution in [1.82, 2.24) is 5.32 Å². The van der Waals surface area contributed by atoms with Crippen LogP contribution in [-0.2, 0) is 19.7 Å². The highest BCUT2D eigenvalue weighted by molar-refractivity contribution is 7.86. The highest BCUT2D eigenvalue weighted by Crippen LogP contribution is 2.19. The number of rotatable bonds is 4. The number of ether oxygens (including phenoxy) is 2. The Balaban J connectivity index is 2.66. The number of alkyl carbamates (subject to hydrolysis) is 1. The summed E-state index contributed by atoms with van der Waals surface area (Å²) in [6.45, 7) is 5.84. The lowest BCUT2D eigenvalue weighted by Crippen LogP contribution is -2.46. The molecule has 0 aromatic rings. The number of carbonyl (C=O) groups excluding carboxylic acids is 1. The second-order valence-corrected chi connectivity index (χ2v) is 6.99. The van der Waals surface area contributed by atoms with E-state index in [0.717, 1.165) is 0 Å². The molecule has 1 saturated heterocycles. The summed E-state index contributed by atoms with van der Waals surface area (Å²) < 4.78 is 44.5. The summed E-state index contributed by atoms with van der Waals surface area (Å²) >= 11 is 0. The Morgan fingerprint density at radius 2 is 2.16 bits per heavy atom. The van der Waals surface area contributed by atoms with Gasteiger partial charge in [-0.3, -0.25) is 0 Å². The van der Waals surface area contributed by atoms with Gasteiger partial charge in [-0.15, -0.1) is 3.89 Å². The molecular formula is C11H20FNO5S. The molecule has 0 aliphatic carbocycles. The monoisotopic (exact) mass is 297 g/mol. The molecule has 2 atom stereocenters. The van der Waals surface area contributed by atoms with Crippen LogP contribution in [0.1, 0.15) is 27.2 Å². The first-order valence-electron chi connectivity index (χ1n) is 6.06. The summed E-state index contributed by atoms with van der Waals surface area (Å²) in [5.74, 6) is -0.988. The van der Waals surface area contributed by atoms with Crippen molar-refractivity contribution in [3.05, 3.63) is 0 Å². The lowest BCUT2D eigenvalue weighted by Gasteiger charge is -2.25. The van der Waals surface area contributed by atoms with Gasteiger partial charge in [0.2, 0.25) is 0 Å². The molecule has 0 saturated carbocycles. The fourth-order valence-electron chi connectivity index (χ4n) is 1.84. The molecule has 2 unspecified atom stereocenters. The molecule has 6 nitrogen and oxygen atoms in total. The molecule has 1 heterocycles. The molecule has 1 rings (SSSR count). The van der Waals surface area contributed by atoms with Gasteiger partial charge >= 0.3 is 16.3 Å². The highest BCUT2D eigenvalue weighted by atomic mass is 32.3. The molecule has 1 N–H and O–H groups in total. The predicted molar refractivity (Wildman–Crippen MR) is 67.0 cm³/mol. The molecule has 19 heavy (non-hydrogen) atoms. The van der Waals surface area contributed by atoms with E-state index in [4.69, 9.17) is 9.47 Å². The zero-order chi connectivity index (χ0) is 14.7. The lowest BCUT2D eigenvalue weighted by molar-refractivity contribution is 0.0490. The van der Waals surface area contributed by atoms with Crippen LogP contribution in [-0.4, -0.2) is 45.1 Å². The van der Waals surface area contributed by atoms with Crippen molar-refractivity contribution in [2.75, 3.05) is 19.0 Å². The number of amides is 1. The molecule has 112 valence electrons. The SMILES string of the molecule is CC(C)(C)OC(=O)NC(CS(=O)(=O)F)C1CCOC1. The van der Waals surface area contributed by atoms with Gasteiger partial charge in [0, 0.05) is 12.5 Å². The van der Waals surface area contributed by atoms with Gasteiger partial charge in [-0.25, -0.2) is 4.79 Å². The van der Waals surface area contributed by atoms with Crippen LogP contribution in [0.15, 0.2) is 0 Å². The van der Waals surface area contributed by atoms with Crippen LogP contribution >= 0.6 is 0 Å². The molecule has 1 amide bonds. The summed E-state index contributed by atoms with van der Waals surface area (Å²) in [7, 11) is -4.68. The maximum atomic E-state index is 12.8. The van der Waals surface area contributed by atoms with Gasteiger partial charge in [0.1, 0.15) is 11.4 Å². The smallest absolute Gasteiger partial charge is 0.407 e. The van der Waals surface area contributed by atoms with Crippen molar-refractivity contribution in [3.8, 4) is 0 Å². The van der Waals surface area contributed by atoms with Gasteiger partial charge in [0.25, 0.3) is 0 Å². The number of hydrogen-bond acceptors (Lipinski definition) is 5. The van der Waals surface area contributed by atoms with E-state index in [2.05, 4.69) is 5.32 Å². The fourth-order valence-corrected chi connectivity index (χ4v) is 2.62. The average molecular weight is 297 g/mol. The van der Waals surface area contributed by atoms with E-state index < -0.39 is 33.7 Å². The third-order valence-electron chi connectivity index (χ3n) is 2.61. The first-order chi connectivity index (χ1) is 8.57. The van der Waals surface area contributed by atoms with E-state index >= 15 is 0 Å². The van der Waals surface area contributed by atoms with E-state index in [1.54, 1.807) is 20.8 Å². The number of hydrogen-bond donors (Lipinski definition) is 1. The maximum absolute atomic E-state index is 12.8. The van der Waals surface area contributed by atoms with Gasteiger partial charge in [0.05, 0.1) is 12.6 Å². The molecule has 1 fully saturated rings. The van der Waals surface area contributed by atoms with E-state index in [1.807, 2.05) is 0 Å². The summed E-state index contributed by atoms with van der Waals surface area (Å²) in [6, 6.07) is -0.840. The van der Waals surface area contributed by atoms with Gasteiger partial charge < -0.3 is 14.8 Å². The third-order valence-corrected chi connectivity index (χ3v) is 3.37. The Labute approximate surface area is 112 Å². The lowest BCUT2D eigenvalue weighted by atomic mass is 10.0. The van der Waals surface area contributed by atoms with Crippen molar-refractivity contribution in [3.63, 3.8) is 0 Å². The largest absolute Gasteiger partial charge is 0.444 e. The number of carbonyl (C=O) groups is 1. The Morgan fingerprint density at radius 3 is 2.58 bits per heavy atom. The number of nitrogens with one attached hydrogen (secondary N) is 1. The molecule has 1 aliphatic rings. The fraction of sp³-hybridized carbons (Fsp3) is 0.909. The third kappa shape index (κ3) is 6.72. The molecule has 0 spiro atoms. The normalized spacial score (nSPS) is 22.0. The van der Waals surface area contributed by atoms with Crippen LogP contribution in [0.5, 0.6) is 0 Å². The van der Waals surface area contributed by atoms with Crippen molar-refractivity contribution < 1.29 is 26.6 Å².